The highest BCUT2D eigenvalue weighted by Gasteiger charge is 2.04. The van der Waals surface area contributed by atoms with Crippen molar-refractivity contribution in [1.82, 2.24) is 0 Å². The van der Waals surface area contributed by atoms with E-state index in [1.54, 1.807) is 12.2 Å². The molecule has 0 N–H and O–H groups in total. The Balaban J connectivity index is 3.09. The second-order valence-corrected chi connectivity index (χ2v) is 3.18. The smallest absolute Gasteiger partial charge is 0.185 e. The number of hydrogen-bond donors (Lipinski definition) is 0. The number of allylic oxidation sites excluding steroid dienone is 2. The van der Waals surface area contributed by atoms with Crippen molar-refractivity contribution in [2.24, 2.45) is 0 Å². The summed E-state index contributed by atoms with van der Waals surface area (Å²) in [5.41, 5.74) is 3.03. The van der Waals surface area contributed by atoms with Gasteiger partial charge in [0.15, 0.2) is 5.78 Å². The van der Waals surface area contributed by atoms with Crippen LogP contribution in [0.15, 0.2) is 30.4 Å². The topological polar surface area (TPSA) is 17.1 Å². The molecule has 1 rings (SSSR count). The molecule has 0 aliphatic heterocycles. The molecule has 1 heteroatoms. The molecule has 1 aromatic carbocycles. The summed E-state index contributed by atoms with van der Waals surface area (Å²) >= 11 is 0. The third-order valence-electron chi connectivity index (χ3n) is 1.97. The third-order valence-corrected chi connectivity index (χ3v) is 1.97. The van der Waals surface area contributed by atoms with Gasteiger partial charge in [-0.3, -0.25) is 4.79 Å². The monoisotopic (exact) mass is 174 g/mol. The number of carbonyl (C=O) groups excluding carboxylic acids is 1. The van der Waals surface area contributed by atoms with Crippen LogP contribution in [0.4, 0.5) is 0 Å². The van der Waals surface area contributed by atoms with E-state index >= 15 is 0 Å². The predicted octanol–water partition coefficient (Wildman–Crippen LogP) is 3.06. The van der Waals surface area contributed by atoms with Gasteiger partial charge >= 0.3 is 0 Å². The average molecular weight is 174 g/mol. The van der Waals surface area contributed by atoms with Gasteiger partial charge in [-0.25, -0.2) is 0 Å². The van der Waals surface area contributed by atoms with Crippen molar-refractivity contribution in [3.05, 3.63) is 47.0 Å². The standard InChI is InChI=1S/C12H14O/c1-4-5-12(13)11-7-6-9(2)8-10(11)3/h4-8H,1-3H3/b5-4+. The summed E-state index contributed by atoms with van der Waals surface area (Å²) in [6.07, 6.45) is 3.36. The van der Waals surface area contributed by atoms with Gasteiger partial charge in [-0.15, -0.1) is 0 Å². The van der Waals surface area contributed by atoms with E-state index in [1.165, 1.54) is 5.56 Å². The van der Waals surface area contributed by atoms with Gasteiger partial charge in [0.2, 0.25) is 0 Å². The SMILES string of the molecule is C/C=C/C(=O)c1ccc(C)cc1C. The van der Waals surface area contributed by atoms with Gasteiger partial charge in [0.05, 0.1) is 0 Å². The first-order chi connectivity index (χ1) is 6.15. The van der Waals surface area contributed by atoms with Crippen LogP contribution in [0, 0.1) is 13.8 Å². The van der Waals surface area contributed by atoms with E-state index in [9.17, 15) is 4.79 Å². The van der Waals surface area contributed by atoms with Crippen LogP contribution in [0.1, 0.15) is 28.4 Å². The molecule has 0 aliphatic rings. The first kappa shape index (κ1) is 9.72. The third kappa shape index (κ3) is 2.28. The van der Waals surface area contributed by atoms with Crippen LogP contribution in [-0.2, 0) is 0 Å². The first-order valence-corrected chi connectivity index (χ1v) is 4.39. The summed E-state index contributed by atoms with van der Waals surface area (Å²) < 4.78 is 0. The number of benzene rings is 1. The first-order valence-electron chi connectivity index (χ1n) is 4.39. The Morgan fingerprint density at radius 3 is 2.54 bits per heavy atom. The number of hydrogen-bond acceptors (Lipinski definition) is 1. The molecule has 0 saturated heterocycles. The average Bonchev–Trinajstić information content (AvgIpc) is 2.04. The fourth-order valence-electron chi connectivity index (χ4n) is 1.33. The highest BCUT2D eigenvalue weighted by Crippen LogP contribution is 2.11. The van der Waals surface area contributed by atoms with E-state index in [1.807, 2.05) is 39.0 Å². The zero-order chi connectivity index (χ0) is 9.84. The van der Waals surface area contributed by atoms with Crippen molar-refractivity contribution in [2.45, 2.75) is 20.8 Å². The molecule has 1 nitrogen and oxygen atoms in total. The highest BCUT2D eigenvalue weighted by atomic mass is 16.1. The molecule has 0 bridgehead atoms. The van der Waals surface area contributed by atoms with E-state index in [0.29, 0.717) is 0 Å². The lowest BCUT2D eigenvalue weighted by molar-refractivity contribution is 0.104. The van der Waals surface area contributed by atoms with E-state index < -0.39 is 0 Å². The summed E-state index contributed by atoms with van der Waals surface area (Å²) in [5, 5.41) is 0. The van der Waals surface area contributed by atoms with E-state index in [2.05, 4.69) is 0 Å². The predicted molar refractivity (Wildman–Crippen MR) is 55.1 cm³/mol. The van der Waals surface area contributed by atoms with Crippen molar-refractivity contribution >= 4 is 5.78 Å². The van der Waals surface area contributed by atoms with Gasteiger partial charge in [0, 0.05) is 5.56 Å². The molecule has 1 aromatic rings. The van der Waals surface area contributed by atoms with Crippen LogP contribution < -0.4 is 0 Å². The zero-order valence-electron chi connectivity index (χ0n) is 8.29. The molecule has 0 heterocycles. The number of ketones is 1. The minimum absolute atomic E-state index is 0.0833. The molecule has 0 radical (unpaired) electrons. The number of carbonyl (C=O) groups is 1. The van der Waals surface area contributed by atoms with Crippen molar-refractivity contribution in [3.63, 3.8) is 0 Å². The second kappa shape index (κ2) is 4.04. The minimum Gasteiger partial charge on any atom is -0.289 e. The molecule has 13 heavy (non-hydrogen) atoms. The van der Waals surface area contributed by atoms with Crippen LogP contribution >= 0.6 is 0 Å². The van der Waals surface area contributed by atoms with Crippen molar-refractivity contribution < 1.29 is 4.79 Å². The summed E-state index contributed by atoms with van der Waals surface area (Å²) in [5.74, 6) is 0.0833. The molecule has 68 valence electrons. The highest BCUT2D eigenvalue weighted by molar-refractivity contribution is 6.05. The van der Waals surface area contributed by atoms with Crippen LogP contribution in [0.25, 0.3) is 0 Å². The Labute approximate surface area is 79.1 Å². The Morgan fingerprint density at radius 1 is 1.31 bits per heavy atom. The van der Waals surface area contributed by atoms with Gasteiger partial charge < -0.3 is 0 Å². The lowest BCUT2D eigenvalue weighted by atomic mass is 10.0. The summed E-state index contributed by atoms with van der Waals surface area (Å²) in [6, 6.07) is 5.87. The molecule has 0 amide bonds. The summed E-state index contributed by atoms with van der Waals surface area (Å²) in [6.45, 7) is 5.84. The van der Waals surface area contributed by atoms with E-state index in [4.69, 9.17) is 0 Å². The van der Waals surface area contributed by atoms with Crippen molar-refractivity contribution in [2.75, 3.05) is 0 Å². The number of rotatable bonds is 2. The second-order valence-electron chi connectivity index (χ2n) is 3.18. The van der Waals surface area contributed by atoms with Gasteiger partial charge in [-0.05, 0) is 32.4 Å². The molecule has 0 saturated carbocycles. The summed E-state index contributed by atoms with van der Waals surface area (Å²) in [4.78, 5) is 11.5. The van der Waals surface area contributed by atoms with Gasteiger partial charge in [0.1, 0.15) is 0 Å². The Morgan fingerprint density at radius 2 is 2.00 bits per heavy atom. The van der Waals surface area contributed by atoms with Gasteiger partial charge in [0.25, 0.3) is 0 Å². The Kier molecular flexibility index (Phi) is 3.02. The number of aryl methyl sites for hydroxylation is 2. The molecule has 0 unspecified atom stereocenters. The molecule has 0 atom stereocenters. The van der Waals surface area contributed by atoms with Crippen molar-refractivity contribution in [3.8, 4) is 0 Å². The zero-order valence-corrected chi connectivity index (χ0v) is 8.29. The minimum atomic E-state index is 0.0833. The molecular weight excluding hydrogens is 160 g/mol. The maximum atomic E-state index is 11.5. The summed E-state index contributed by atoms with van der Waals surface area (Å²) in [7, 11) is 0. The van der Waals surface area contributed by atoms with E-state index in [0.717, 1.165) is 11.1 Å². The fourth-order valence-corrected chi connectivity index (χ4v) is 1.33. The molecule has 0 aliphatic carbocycles. The Hall–Kier alpha value is -1.37. The van der Waals surface area contributed by atoms with Gasteiger partial charge in [-0.2, -0.15) is 0 Å². The lowest BCUT2D eigenvalue weighted by Gasteiger charge is -2.02. The molecule has 0 aromatic heterocycles. The van der Waals surface area contributed by atoms with Crippen LogP contribution in [0.2, 0.25) is 0 Å². The largest absolute Gasteiger partial charge is 0.289 e. The normalized spacial score (nSPS) is 10.7. The van der Waals surface area contributed by atoms with Crippen LogP contribution in [0.3, 0.4) is 0 Å². The maximum absolute atomic E-state index is 11.5. The lowest BCUT2D eigenvalue weighted by Crippen LogP contribution is -1.97. The van der Waals surface area contributed by atoms with E-state index in [-0.39, 0.29) is 5.78 Å². The Bertz CT molecular complexity index is 348. The van der Waals surface area contributed by atoms with Crippen LogP contribution in [0.5, 0.6) is 0 Å². The maximum Gasteiger partial charge on any atom is 0.185 e. The molecule has 0 spiro atoms. The van der Waals surface area contributed by atoms with Crippen LogP contribution in [-0.4, -0.2) is 5.78 Å². The fraction of sp³-hybridized carbons (Fsp3) is 0.250. The quantitative estimate of drug-likeness (QED) is 0.497. The molecular formula is C12H14O. The molecule has 0 fully saturated rings. The van der Waals surface area contributed by atoms with Crippen molar-refractivity contribution in [1.29, 1.82) is 0 Å². The van der Waals surface area contributed by atoms with Gasteiger partial charge in [-0.1, -0.05) is 29.8 Å².